The summed E-state index contributed by atoms with van der Waals surface area (Å²) < 4.78 is 0. The molecule has 1 aromatic carbocycles. The lowest BCUT2D eigenvalue weighted by atomic mass is 9.87. The van der Waals surface area contributed by atoms with Crippen molar-refractivity contribution in [1.29, 1.82) is 0 Å². The third kappa shape index (κ3) is 3.84. The zero-order valence-electron chi connectivity index (χ0n) is 16.6. The molecule has 0 bridgehead atoms. The van der Waals surface area contributed by atoms with Gasteiger partial charge in [-0.3, -0.25) is 9.78 Å². The standard InChI is InChI=1S/C23H22N4OS/c1-23(2,3)15-4-6-16(7-5-15)26-21(28)20-19(24)17-8-9-18(27-22(17)29-20)14-10-12-25-13-11-14/h4-13H,24H2,1-3H3,(H,26,28). The van der Waals surface area contributed by atoms with Crippen LogP contribution in [0.5, 0.6) is 0 Å². The van der Waals surface area contributed by atoms with Crippen molar-refractivity contribution in [2.75, 3.05) is 11.1 Å². The van der Waals surface area contributed by atoms with E-state index in [2.05, 4.69) is 36.1 Å². The highest BCUT2D eigenvalue weighted by Gasteiger charge is 2.19. The van der Waals surface area contributed by atoms with Crippen molar-refractivity contribution in [2.45, 2.75) is 26.2 Å². The van der Waals surface area contributed by atoms with Gasteiger partial charge in [0.05, 0.1) is 11.4 Å². The molecule has 3 N–H and O–H groups in total. The van der Waals surface area contributed by atoms with Crippen molar-refractivity contribution >= 4 is 38.8 Å². The van der Waals surface area contributed by atoms with Crippen LogP contribution in [0.2, 0.25) is 0 Å². The number of aromatic nitrogens is 2. The molecule has 0 atom stereocenters. The van der Waals surface area contributed by atoms with Crippen molar-refractivity contribution in [1.82, 2.24) is 9.97 Å². The first kappa shape index (κ1) is 19.1. The third-order valence-corrected chi connectivity index (χ3v) is 5.90. The van der Waals surface area contributed by atoms with Gasteiger partial charge in [0.1, 0.15) is 9.71 Å². The van der Waals surface area contributed by atoms with E-state index in [0.717, 1.165) is 27.2 Å². The first-order chi connectivity index (χ1) is 13.8. The van der Waals surface area contributed by atoms with Gasteiger partial charge < -0.3 is 11.1 Å². The van der Waals surface area contributed by atoms with Crippen LogP contribution < -0.4 is 11.1 Å². The summed E-state index contributed by atoms with van der Waals surface area (Å²) in [7, 11) is 0. The molecule has 0 saturated heterocycles. The minimum absolute atomic E-state index is 0.0661. The summed E-state index contributed by atoms with van der Waals surface area (Å²) in [5.41, 5.74) is 10.5. The molecule has 6 heteroatoms. The zero-order chi connectivity index (χ0) is 20.6. The maximum absolute atomic E-state index is 12.8. The van der Waals surface area contributed by atoms with E-state index in [9.17, 15) is 4.79 Å². The lowest BCUT2D eigenvalue weighted by Crippen LogP contribution is -2.13. The number of carbonyl (C=O) groups is 1. The number of nitrogen functional groups attached to an aromatic ring is 1. The quantitative estimate of drug-likeness (QED) is 0.475. The van der Waals surface area contributed by atoms with Gasteiger partial charge in [-0.15, -0.1) is 11.3 Å². The van der Waals surface area contributed by atoms with E-state index in [0.29, 0.717) is 10.6 Å². The van der Waals surface area contributed by atoms with Crippen LogP contribution in [-0.4, -0.2) is 15.9 Å². The average molecular weight is 403 g/mol. The Morgan fingerprint density at radius 1 is 1.00 bits per heavy atom. The van der Waals surface area contributed by atoms with Crippen molar-refractivity contribution in [2.24, 2.45) is 0 Å². The van der Waals surface area contributed by atoms with Crippen molar-refractivity contribution in [3.8, 4) is 11.3 Å². The summed E-state index contributed by atoms with van der Waals surface area (Å²) >= 11 is 1.30. The summed E-state index contributed by atoms with van der Waals surface area (Å²) in [6.07, 6.45) is 3.46. The molecule has 0 aliphatic rings. The number of hydrogen-bond acceptors (Lipinski definition) is 5. The Hall–Kier alpha value is -3.25. The number of thiophene rings is 1. The van der Waals surface area contributed by atoms with E-state index in [1.165, 1.54) is 16.9 Å². The number of fused-ring (bicyclic) bond motifs is 1. The number of rotatable bonds is 3. The molecule has 0 spiro atoms. The molecule has 5 nitrogen and oxygen atoms in total. The fraction of sp³-hybridized carbons (Fsp3) is 0.174. The predicted molar refractivity (Wildman–Crippen MR) is 120 cm³/mol. The van der Waals surface area contributed by atoms with E-state index < -0.39 is 0 Å². The Morgan fingerprint density at radius 3 is 2.34 bits per heavy atom. The van der Waals surface area contributed by atoms with Crippen molar-refractivity contribution in [3.63, 3.8) is 0 Å². The maximum atomic E-state index is 12.8. The molecule has 146 valence electrons. The summed E-state index contributed by atoms with van der Waals surface area (Å²) in [5.74, 6) is -0.223. The normalized spacial score (nSPS) is 11.6. The fourth-order valence-electron chi connectivity index (χ4n) is 3.09. The van der Waals surface area contributed by atoms with Gasteiger partial charge in [-0.05, 0) is 47.4 Å². The second kappa shape index (κ2) is 7.29. The summed E-state index contributed by atoms with van der Waals surface area (Å²) in [4.78, 5) is 22.8. The van der Waals surface area contributed by atoms with Gasteiger partial charge in [0.25, 0.3) is 5.91 Å². The molecule has 1 amide bonds. The third-order valence-electron chi connectivity index (χ3n) is 4.78. The Bertz CT molecular complexity index is 1180. The maximum Gasteiger partial charge on any atom is 0.267 e. The first-order valence-corrected chi connectivity index (χ1v) is 10.2. The molecular weight excluding hydrogens is 380 g/mol. The number of nitrogens with zero attached hydrogens (tertiary/aromatic N) is 2. The number of anilines is 2. The number of benzene rings is 1. The minimum Gasteiger partial charge on any atom is -0.397 e. The summed E-state index contributed by atoms with van der Waals surface area (Å²) in [5, 5.41) is 3.73. The van der Waals surface area contributed by atoms with E-state index in [1.807, 2.05) is 48.5 Å². The molecule has 0 unspecified atom stereocenters. The van der Waals surface area contributed by atoms with Gasteiger partial charge in [0.2, 0.25) is 0 Å². The Balaban J connectivity index is 1.61. The monoisotopic (exact) mass is 402 g/mol. The summed E-state index contributed by atoms with van der Waals surface area (Å²) in [6.45, 7) is 6.48. The molecule has 0 aliphatic carbocycles. The number of nitrogens with one attached hydrogen (secondary N) is 1. The lowest BCUT2D eigenvalue weighted by molar-refractivity contribution is 0.103. The number of pyridine rings is 2. The van der Waals surface area contributed by atoms with Crippen LogP contribution in [-0.2, 0) is 5.41 Å². The second-order valence-corrected chi connectivity index (χ2v) is 8.91. The molecule has 4 rings (SSSR count). The topological polar surface area (TPSA) is 80.9 Å². The number of amides is 1. The molecule has 0 saturated carbocycles. The van der Waals surface area contributed by atoms with Crippen molar-refractivity contribution < 1.29 is 4.79 Å². The molecule has 0 aliphatic heterocycles. The highest BCUT2D eigenvalue weighted by molar-refractivity contribution is 7.21. The van der Waals surface area contributed by atoms with Crippen LogP contribution in [0.15, 0.2) is 60.9 Å². The number of nitrogens with two attached hydrogens (primary N) is 1. The van der Waals surface area contributed by atoms with Crippen LogP contribution in [0, 0.1) is 0 Å². The van der Waals surface area contributed by atoms with Crippen LogP contribution in [0.4, 0.5) is 11.4 Å². The van der Waals surface area contributed by atoms with Gasteiger partial charge in [0.15, 0.2) is 0 Å². The van der Waals surface area contributed by atoms with Gasteiger partial charge in [0, 0.05) is 29.0 Å². The largest absolute Gasteiger partial charge is 0.397 e. The molecule has 3 aromatic heterocycles. The van der Waals surface area contributed by atoms with Crippen LogP contribution in [0.1, 0.15) is 36.0 Å². The number of hydrogen-bond donors (Lipinski definition) is 2. The van der Waals surface area contributed by atoms with Crippen molar-refractivity contribution in [3.05, 3.63) is 71.4 Å². The molecule has 0 fully saturated rings. The minimum atomic E-state index is -0.223. The molecule has 29 heavy (non-hydrogen) atoms. The highest BCUT2D eigenvalue weighted by Crippen LogP contribution is 2.34. The fourth-order valence-corrected chi connectivity index (χ4v) is 4.08. The van der Waals surface area contributed by atoms with Crippen LogP contribution in [0.25, 0.3) is 21.5 Å². The van der Waals surface area contributed by atoms with Crippen LogP contribution in [0.3, 0.4) is 0 Å². The summed E-state index contributed by atoms with van der Waals surface area (Å²) in [6, 6.07) is 15.5. The number of carbonyl (C=O) groups excluding carboxylic acids is 1. The Kier molecular flexibility index (Phi) is 4.80. The van der Waals surface area contributed by atoms with Gasteiger partial charge in [-0.1, -0.05) is 32.9 Å². The lowest BCUT2D eigenvalue weighted by Gasteiger charge is -2.19. The van der Waals surface area contributed by atoms with Gasteiger partial charge >= 0.3 is 0 Å². The molecular formula is C23H22N4OS. The molecule has 3 heterocycles. The first-order valence-electron chi connectivity index (χ1n) is 9.34. The Morgan fingerprint density at radius 2 is 1.69 bits per heavy atom. The highest BCUT2D eigenvalue weighted by atomic mass is 32.1. The molecule has 0 radical (unpaired) electrons. The smallest absolute Gasteiger partial charge is 0.267 e. The van der Waals surface area contributed by atoms with Crippen LogP contribution >= 0.6 is 11.3 Å². The Labute approximate surface area is 173 Å². The average Bonchev–Trinajstić information content (AvgIpc) is 3.04. The van der Waals surface area contributed by atoms with E-state index in [4.69, 9.17) is 5.73 Å². The van der Waals surface area contributed by atoms with E-state index in [1.54, 1.807) is 12.4 Å². The second-order valence-electron chi connectivity index (χ2n) is 7.91. The van der Waals surface area contributed by atoms with Gasteiger partial charge in [-0.2, -0.15) is 0 Å². The van der Waals surface area contributed by atoms with Gasteiger partial charge in [-0.25, -0.2) is 4.98 Å². The molecule has 4 aromatic rings. The van der Waals surface area contributed by atoms with E-state index >= 15 is 0 Å². The SMILES string of the molecule is CC(C)(C)c1ccc(NC(=O)c2sc3nc(-c4ccncc4)ccc3c2N)cc1. The zero-order valence-corrected chi connectivity index (χ0v) is 17.4. The van der Waals surface area contributed by atoms with E-state index in [-0.39, 0.29) is 11.3 Å². The predicted octanol–water partition coefficient (Wildman–Crippen LogP) is 5.49.